The van der Waals surface area contributed by atoms with E-state index in [0.717, 1.165) is 17.5 Å². The van der Waals surface area contributed by atoms with Gasteiger partial charge in [0, 0.05) is 6.04 Å². The van der Waals surface area contributed by atoms with Gasteiger partial charge in [0.15, 0.2) is 0 Å². The Kier molecular flexibility index (Phi) is 7.64. The molecule has 0 bridgehead atoms. The minimum Gasteiger partial charge on any atom is -0.460 e. The average Bonchev–Trinajstić information content (AvgIpc) is 3.17. The lowest BCUT2D eigenvalue weighted by Gasteiger charge is -2.24. The Morgan fingerprint density at radius 1 is 1.07 bits per heavy atom. The Balaban J connectivity index is 0.000000199. The molecule has 3 atom stereocenters. The lowest BCUT2D eigenvalue weighted by atomic mass is 9.85. The number of carbonyl (C=O) groups excluding carboxylic acids is 1. The average molecular weight is 432 g/mol. The highest BCUT2D eigenvalue weighted by molar-refractivity contribution is 7.85. The topological polar surface area (TPSA) is 92.7 Å². The molecule has 2 fully saturated rings. The molecule has 2 N–H and O–H groups in total. The first kappa shape index (κ1) is 22.5. The monoisotopic (exact) mass is 431 g/mol. The van der Waals surface area contributed by atoms with Crippen molar-refractivity contribution in [3.63, 3.8) is 0 Å². The van der Waals surface area contributed by atoms with Crippen molar-refractivity contribution in [1.29, 1.82) is 0 Å². The summed E-state index contributed by atoms with van der Waals surface area (Å²) in [5, 5.41) is 3.45. The Labute approximate surface area is 178 Å². The molecule has 2 aromatic rings. The summed E-state index contributed by atoms with van der Waals surface area (Å²) in [6, 6.07) is 16.3. The van der Waals surface area contributed by atoms with Crippen molar-refractivity contribution in [2.24, 2.45) is 5.92 Å². The van der Waals surface area contributed by atoms with E-state index in [4.69, 9.17) is 9.29 Å². The first-order valence-electron chi connectivity index (χ1n) is 10.3. The molecule has 2 aromatic carbocycles. The van der Waals surface area contributed by atoms with Gasteiger partial charge in [0.05, 0.1) is 4.90 Å². The molecule has 1 aliphatic heterocycles. The van der Waals surface area contributed by atoms with Gasteiger partial charge >= 0.3 is 5.97 Å². The number of rotatable bonds is 4. The molecular formula is C23H29NO5S. The van der Waals surface area contributed by atoms with Gasteiger partial charge < -0.3 is 10.1 Å². The van der Waals surface area contributed by atoms with Gasteiger partial charge in [-0.3, -0.25) is 9.35 Å². The summed E-state index contributed by atoms with van der Waals surface area (Å²) in [6.45, 7) is 2.22. The van der Waals surface area contributed by atoms with Crippen LogP contribution >= 0.6 is 0 Å². The number of fused-ring (bicyclic) bond motifs is 1. The fourth-order valence-electron chi connectivity index (χ4n) is 4.04. The summed E-state index contributed by atoms with van der Waals surface area (Å²) in [5.41, 5.74) is 2.00. The molecule has 1 aliphatic carbocycles. The van der Waals surface area contributed by atoms with Gasteiger partial charge in [0.25, 0.3) is 10.1 Å². The second-order valence-corrected chi connectivity index (χ2v) is 9.41. The van der Waals surface area contributed by atoms with Crippen LogP contribution in [0.3, 0.4) is 0 Å². The summed E-state index contributed by atoms with van der Waals surface area (Å²) in [5.74, 6) is 0.598. The molecule has 30 heavy (non-hydrogen) atoms. The molecule has 6 nitrogen and oxygen atoms in total. The van der Waals surface area contributed by atoms with Gasteiger partial charge in [0.2, 0.25) is 0 Å². The van der Waals surface area contributed by atoms with Gasteiger partial charge in [-0.15, -0.1) is 0 Å². The Morgan fingerprint density at radius 3 is 2.37 bits per heavy atom. The number of hydrogen-bond donors (Lipinski definition) is 2. The number of benzene rings is 2. The van der Waals surface area contributed by atoms with Crippen LogP contribution in [0.5, 0.6) is 0 Å². The van der Waals surface area contributed by atoms with Crippen molar-refractivity contribution >= 4 is 16.1 Å². The summed E-state index contributed by atoms with van der Waals surface area (Å²) in [7, 11) is -4.02. The number of hydrogen-bond acceptors (Lipinski definition) is 5. The normalized spacial score (nSPS) is 23.1. The van der Waals surface area contributed by atoms with Crippen LogP contribution in [0.1, 0.15) is 43.2 Å². The highest BCUT2D eigenvalue weighted by Crippen LogP contribution is 2.33. The van der Waals surface area contributed by atoms with Crippen molar-refractivity contribution in [3.8, 4) is 0 Å². The number of carbonyl (C=O) groups is 1. The van der Waals surface area contributed by atoms with Crippen LogP contribution in [0.15, 0.2) is 59.5 Å². The standard InChI is InChI=1S/C16H21NO2.C7H8O3S/c18-16(19-11-12-6-2-1-3-7-12)15-10-13-8-4-5-9-14(13)17-15;1-6-2-4-7(5-3-6)11(8,9)10/h1-3,6-7,13-15,17H,4-5,8-11H2;2-5H,1H3,(H,8,9,10)/t13-,14+,15?;/m1./s1. The summed E-state index contributed by atoms with van der Waals surface area (Å²) < 4.78 is 35.0. The van der Waals surface area contributed by atoms with E-state index in [1.807, 2.05) is 37.3 Å². The van der Waals surface area contributed by atoms with E-state index in [1.165, 1.54) is 37.8 Å². The van der Waals surface area contributed by atoms with E-state index in [0.29, 0.717) is 18.6 Å². The number of aryl methyl sites for hydroxylation is 1. The number of esters is 1. The van der Waals surface area contributed by atoms with Crippen LogP contribution in [-0.4, -0.2) is 31.0 Å². The fraction of sp³-hybridized carbons (Fsp3) is 0.435. The predicted octanol–water partition coefficient (Wildman–Crippen LogP) is 3.89. The van der Waals surface area contributed by atoms with E-state index < -0.39 is 10.1 Å². The minimum absolute atomic E-state index is 0.0666. The van der Waals surface area contributed by atoms with Crippen molar-refractivity contribution in [3.05, 3.63) is 65.7 Å². The zero-order valence-corrected chi connectivity index (χ0v) is 18.0. The molecule has 162 valence electrons. The third-order valence-electron chi connectivity index (χ3n) is 5.69. The molecular weight excluding hydrogens is 402 g/mol. The summed E-state index contributed by atoms with van der Waals surface area (Å²) in [4.78, 5) is 12.0. The lowest BCUT2D eigenvalue weighted by molar-refractivity contribution is -0.147. The summed E-state index contributed by atoms with van der Waals surface area (Å²) in [6.07, 6.45) is 6.04. The lowest BCUT2D eigenvalue weighted by Crippen LogP contribution is -2.37. The molecule has 1 saturated carbocycles. The predicted molar refractivity (Wildman–Crippen MR) is 115 cm³/mol. The number of nitrogens with one attached hydrogen (secondary N) is 1. The fourth-order valence-corrected chi connectivity index (χ4v) is 4.52. The second-order valence-electron chi connectivity index (χ2n) is 7.99. The van der Waals surface area contributed by atoms with Crippen LogP contribution in [0, 0.1) is 12.8 Å². The van der Waals surface area contributed by atoms with Crippen LogP contribution in [-0.2, 0) is 26.3 Å². The maximum Gasteiger partial charge on any atom is 0.323 e. The largest absolute Gasteiger partial charge is 0.460 e. The zero-order chi connectivity index (χ0) is 21.6. The molecule has 7 heteroatoms. The Bertz CT molecular complexity index is 914. The highest BCUT2D eigenvalue weighted by Gasteiger charge is 2.38. The smallest absolute Gasteiger partial charge is 0.323 e. The van der Waals surface area contributed by atoms with Crippen LogP contribution in [0.25, 0.3) is 0 Å². The molecule has 0 aromatic heterocycles. The number of ether oxygens (including phenoxy) is 1. The first-order valence-corrected chi connectivity index (χ1v) is 11.8. The molecule has 2 aliphatic rings. The maximum absolute atomic E-state index is 12.1. The van der Waals surface area contributed by atoms with Crippen molar-refractivity contribution in [2.75, 3.05) is 0 Å². The molecule has 0 spiro atoms. The van der Waals surface area contributed by atoms with E-state index in [-0.39, 0.29) is 16.9 Å². The van der Waals surface area contributed by atoms with Gasteiger partial charge in [-0.05, 0) is 49.8 Å². The van der Waals surface area contributed by atoms with E-state index in [2.05, 4.69) is 5.32 Å². The minimum atomic E-state index is -4.02. The van der Waals surface area contributed by atoms with Gasteiger partial charge in [0.1, 0.15) is 12.6 Å². The Hall–Kier alpha value is -2.22. The van der Waals surface area contributed by atoms with Crippen molar-refractivity contribution < 1.29 is 22.5 Å². The van der Waals surface area contributed by atoms with Gasteiger partial charge in [-0.2, -0.15) is 8.42 Å². The molecule has 0 amide bonds. The maximum atomic E-state index is 12.1. The van der Waals surface area contributed by atoms with Crippen LogP contribution in [0.4, 0.5) is 0 Å². The Morgan fingerprint density at radius 2 is 1.73 bits per heavy atom. The van der Waals surface area contributed by atoms with Crippen LogP contribution < -0.4 is 5.32 Å². The van der Waals surface area contributed by atoms with Crippen LogP contribution in [0.2, 0.25) is 0 Å². The molecule has 4 rings (SSSR count). The summed E-state index contributed by atoms with van der Waals surface area (Å²) >= 11 is 0. The molecule has 0 radical (unpaired) electrons. The molecule has 1 heterocycles. The first-order chi connectivity index (χ1) is 14.3. The zero-order valence-electron chi connectivity index (χ0n) is 17.2. The SMILES string of the molecule is Cc1ccc(S(=O)(=O)O)cc1.O=C(OCc1ccccc1)C1C[C@H]2CCCC[C@@H]2N1. The molecule has 1 unspecified atom stereocenters. The van der Waals surface area contributed by atoms with E-state index in [1.54, 1.807) is 12.1 Å². The van der Waals surface area contributed by atoms with Crippen molar-refractivity contribution in [2.45, 2.75) is 62.6 Å². The third-order valence-corrected chi connectivity index (χ3v) is 6.56. The van der Waals surface area contributed by atoms with Gasteiger partial charge in [-0.1, -0.05) is 60.9 Å². The third kappa shape index (κ3) is 6.39. The van der Waals surface area contributed by atoms with E-state index in [9.17, 15) is 13.2 Å². The molecule has 1 saturated heterocycles. The van der Waals surface area contributed by atoms with E-state index >= 15 is 0 Å². The van der Waals surface area contributed by atoms with Crippen molar-refractivity contribution in [1.82, 2.24) is 5.32 Å². The quantitative estimate of drug-likeness (QED) is 0.564. The second kappa shape index (κ2) is 10.2. The van der Waals surface area contributed by atoms with Gasteiger partial charge in [-0.25, -0.2) is 0 Å². The highest BCUT2D eigenvalue weighted by atomic mass is 32.2.